The molecule has 1 N–H and O–H groups in total. The molecule has 2 aromatic carbocycles. The number of benzene rings is 2. The van der Waals surface area contributed by atoms with E-state index < -0.39 is 0 Å². The van der Waals surface area contributed by atoms with Gasteiger partial charge in [-0.1, -0.05) is 38.1 Å². The van der Waals surface area contributed by atoms with E-state index in [4.69, 9.17) is 4.74 Å². The lowest BCUT2D eigenvalue weighted by atomic mass is 9.53. The predicted molar refractivity (Wildman–Crippen MR) is 149 cm³/mol. The monoisotopic (exact) mass is 520 g/mol. The quantitative estimate of drug-likeness (QED) is 0.256. The highest BCUT2D eigenvalue weighted by Crippen LogP contribution is 2.55. The molecule has 5 nitrogen and oxygen atoms in total. The average Bonchev–Trinajstić information content (AvgIpc) is 2.85. The van der Waals surface area contributed by atoms with Gasteiger partial charge in [-0.3, -0.25) is 9.69 Å². The van der Waals surface area contributed by atoms with Crippen LogP contribution in [0, 0.1) is 17.8 Å². The van der Waals surface area contributed by atoms with Crippen LogP contribution in [0.4, 0.5) is 10.5 Å². The van der Waals surface area contributed by atoms with E-state index in [1.54, 1.807) is 11.8 Å². The Morgan fingerprint density at radius 3 is 2.24 bits per heavy atom. The van der Waals surface area contributed by atoms with Gasteiger partial charge in [0.15, 0.2) is 0 Å². The van der Waals surface area contributed by atoms with Crippen molar-refractivity contribution in [1.29, 1.82) is 0 Å². The van der Waals surface area contributed by atoms with Crippen molar-refractivity contribution in [2.75, 3.05) is 11.4 Å². The van der Waals surface area contributed by atoms with E-state index in [0.717, 1.165) is 78.3 Å². The molecule has 4 bridgehead atoms. The highest BCUT2D eigenvalue weighted by Gasteiger charge is 2.51. The van der Waals surface area contributed by atoms with Crippen molar-refractivity contribution in [3.8, 4) is 5.75 Å². The van der Waals surface area contributed by atoms with Crippen LogP contribution in [0.25, 0.3) is 0 Å². The van der Waals surface area contributed by atoms with E-state index in [-0.39, 0.29) is 17.5 Å². The first-order valence-corrected chi connectivity index (χ1v) is 15.0. The SMILES string of the molecule is CCCCN(C(=O)NC12CC3CC(CC(C3)C1)C2)c1cccc(Sc2ccc(OC(=O)CCC)cc2)c1. The summed E-state index contributed by atoms with van der Waals surface area (Å²) in [5.41, 5.74) is 0.955. The van der Waals surface area contributed by atoms with Crippen LogP contribution in [0.2, 0.25) is 0 Å². The van der Waals surface area contributed by atoms with E-state index in [1.807, 2.05) is 42.2 Å². The first-order valence-electron chi connectivity index (χ1n) is 14.1. The molecule has 4 fully saturated rings. The Balaban J connectivity index is 1.27. The maximum absolute atomic E-state index is 13.7. The number of rotatable bonds is 10. The number of nitrogens with zero attached hydrogens (tertiary/aromatic N) is 1. The third-order valence-corrected chi connectivity index (χ3v) is 9.26. The van der Waals surface area contributed by atoms with Gasteiger partial charge < -0.3 is 10.1 Å². The number of urea groups is 1. The molecule has 0 aliphatic heterocycles. The van der Waals surface area contributed by atoms with Crippen molar-refractivity contribution in [2.24, 2.45) is 17.8 Å². The molecule has 0 unspecified atom stereocenters. The Hall–Kier alpha value is -2.47. The minimum absolute atomic E-state index is 0.00495. The second-order valence-electron chi connectivity index (χ2n) is 11.4. The number of unbranched alkanes of at least 4 members (excludes halogenated alkanes) is 1. The van der Waals surface area contributed by atoms with Gasteiger partial charge in [0.1, 0.15) is 5.75 Å². The second-order valence-corrected chi connectivity index (χ2v) is 12.6. The van der Waals surface area contributed by atoms with Gasteiger partial charge in [-0.15, -0.1) is 0 Å². The lowest BCUT2D eigenvalue weighted by Crippen LogP contribution is -2.62. The van der Waals surface area contributed by atoms with E-state index in [0.29, 0.717) is 12.2 Å². The highest BCUT2D eigenvalue weighted by molar-refractivity contribution is 7.99. The third kappa shape index (κ3) is 6.34. The number of carbonyl (C=O) groups excluding carboxylic acids is 2. The zero-order valence-electron chi connectivity index (χ0n) is 22.2. The van der Waals surface area contributed by atoms with Crippen LogP contribution in [0.5, 0.6) is 5.75 Å². The van der Waals surface area contributed by atoms with Crippen molar-refractivity contribution in [2.45, 2.75) is 93.4 Å². The summed E-state index contributed by atoms with van der Waals surface area (Å²) in [6.45, 7) is 4.86. The van der Waals surface area contributed by atoms with Crippen molar-refractivity contribution in [1.82, 2.24) is 5.32 Å². The third-order valence-electron chi connectivity index (χ3n) is 8.27. The first kappa shape index (κ1) is 26.1. The summed E-state index contributed by atoms with van der Waals surface area (Å²) in [6, 6.07) is 16.0. The van der Waals surface area contributed by atoms with Gasteiger partial charge in [0.25, 0.3) is 0 Å². The van der Waals surface area contributed by atoms with Crippen molar-refractivity contribution >= 4 is 29.4 Å². The van der Waals surface area contributed by atoms with Crippen LogP contribution >= 0.6 is 11.8 Å². The summed E-state index contributed by atoms with van der Waals surface area (Å²) in [4.78, 5) is 29.6. The second kappa shape index (κ2) is 11.5. The Labute approximate surface area is 225 Å². The van der Waals surface area contributed by atoms with Crippen LogP contribution < -0.4 is 15.0 Å². The number of hydrogen-bond acceptors (Lipinski definition) is 4. The summed E-state index contributed by atoms with van der Waals surface area (Å²) >= 11 is 1.65. The molecule has 0 aromatic heterocycles. The molecule has 0 heterocycles. The molecule has 0 spiro atoms. The lowest BCUT2D eigenvalue weighted by molar-refractivity contribution is -0.134. The van der Waals surface area contributed by atoms with Gasteiger partial charge in [0, 0.05) is 34.0 Å². The van der Waals surface area contributed by atoms with Crippen LogP contribution in [0.3, 0.4) is 0 Å². The molecule has 2 aromatic rings. The fraction of sp³-hybridized carbons (Fsp3) is 0.548. The number of nitrogens with one attached hydrogen (secondary N) is 1. The summed E-state index contributed by atoms with van der Waals surface area (Å²) in [6.07, 6.45) is 10.8. The van der Waals surface area contributed by atoms with E-state index in [1.165, 1.54) is 19.3 Å². The van der Waals surface area contributed by atoms with E-state index in [2.05, 4.69) is 30.4 Å². The number of esters is 1. The summed E-state index contributed by atoms with van der Waals surface area (Å²) in [5, 5.41) is 3.57. The Morgan fingerprint density at radius 2 is 1.62 bits per heavy atom. The Kier molecular flexibility index (Phi) is 8.13. The first-order chi connectivity index (χ1) is 17.9. The average molecular weight is 521 g/mol. The summed E-state index contributed by atoms with van der Waals surface area (Å²) < 4.78 is 5.37. The van der Waals surface area contributed by atoms with E-state index >= 15 is 0 Å². The van der Waals surface area contributed by atoms with Crippen LogP contribution in [-0.4, -0.2) is 24.1 Å². The summed E-state index contributed by atoms with van der Waals surface area (Å²) in [7, 11) is 0. The number of amides is 2. The van der Waals surface area contributed by atoms with Gasteiger partial charge in [-0.25, -0.2) is 4.79 Å². The molecule has 4 aliphatic rings. The molecule has 0 saturated heterocycles. The Bertz CT molecular complexity index is 1060. The number of anilines is 1. The topological polar surface area (TPSA) is 58.6 Å². The van der Waals surface area contributed by atoms with Crippen molar-refractivity contribution in [3.63, 3.8) is 0 Å². The van der Waals surface area contributed by atoms with Crippen LogP contribution in [-0.2, 0) is 4.79 Å². The minimum atomic E-state index is -0.199. The standard InChI is InChI=1S/C31H40N2O3S/c1-3-5-14-33(30(35)32-31-19-22-15-23(20-31)17-24(16-22)21-31)25-8-6-9-28(18-25)37-27-12-10-26(11-13-27)36-29(34)7-4-2/h6,8-13,18,22-24H,3-5,7,14-17,19-21H2,1-2H3,(H,32,35). The van der Waals surface area contributed by atoms with Gasteiger partial charge in [0.2, 0.25) is 0 Å². The van der Waals surface area contributed by atoms with Gasteiger partial charge in [0.05, 0.1) is 0 Å². The highest BCUT2D eigenvalue weighted by atomic mass is 32.2. The Morgan fingerprint density at radius 1 is 0.946 bits per heavy atom. The van der Waals surface area contributed by atoms with Crippen molar-refractivity contribution in [3.05, 3.63) is 48.5 Å². The fourth-order valence-corrected chi connectivity index (χ4v) is 7.91. The minimum Gasteiger partial charge on any atom is -0.427 e. The zero-order chi connectivity index (χ0) is 25.8. The maximum atomic E-state index is 13.7. The van der Waals surface area contributed by atoms with Crippen LogP contribution in [0.15, 0.2) is 58.3 Å². The van der Waals surface area contributed by atoms with E-state index in [9.17, 15) is 9.59 Å². The molecule has 4 saturated carbocycles. The summed E-state index contributed by atoms with van der Waals surface area (Å²) in [5.74, 6) is 2.78. The smallest absolute Gasteiger partial charge is 0.322 e. The molecular weight excluding hydrogens is 480 g/mol. The molecule has 2 amide bonds. The molecule has 6 rings (SSSR count). The number of ether oxygens (including phenoxy) is 1. The molecular formula is C31H40N2O3S. The predicted octanol–water partition coefficient (Wildman–Crippen LogP) is 7.83. The molecule has 4 aliphatic carbocycles. The van der Waals surface area contributed by atoms with Gasteiger partial charge in [-0.2, -0.15) is 0 Å². The molecule has 37 heavy (non-hydrogen) atoms. The molecule has 0 atom stereocenters. The number of hydrogen-bond donors (Lipinski definition) is 1. The normalized spacial score (nSPS) is 25.6. The fourth-order valence-electron chi connectivity index (χ4n) is 7.04. The number of carbonyl (C=O) groups is 2. The molecule has 0 radical (unpaired) electrons. The van der Waals surface area contributed by atoms with Gasteiger partial charge in [-0.05, 0) is 112 Å². The molecule has 6 heteroatoms. The maximum Gasteiger partial charge on any atom is 0.322 e. The molecule has 198 valence electrons. The van der Waals surface area contributed by atoms with Crippen molar-refractivity contribution < 1.29 is 14.3 Å². The zero-order valence-corrected chi connectivity index (χ0v) is 23.0. The lowest BCUT2D eigenvalue weighted by Gasteiger charge is -2.57. The van der Waals surface area contributed by atoms with Gasteiger partial charge >= 0.3 is 12.0 Å². The largest absolute Gasteiger partial charge is 0.427 e. The van der Waals surface area contributed by atoms with Crippen LogP contribution in [0.1, 0.15) is 78.1 Å².